The Bertz CT molecular complexity index is 881. The third-order valence-corrected chi connectivity index (χ3v) is 6.48. The second kappa shape index (κ2) is 8.75. The number of carbonyl (C=O) groups excluding carboxylic acids is 1. The molecule has 1 aromatic carbocycles. The zero-order valence-electron chi connectivity index (χ0n) is 16.5. The van der Waals surface area contributed by atoms with Crippen molar-refractivity contribution >= 4 is 34.5 Å². The van der Waals surface area contributed by atoms with Crippen molar-refractivity contribution in [3.8, 4) is 5.75 Å². The van der Waals surface area contributed by atoms with Gasteiger partial charge >= 0.3 is 0 Å². The largest absolute Gasteiger partial charge is 0.497 e. The first kappa shape index (κ1) is 20.2. The third kappa shape index (κ3) is 4.43. The highest BCUT2D eigenvalue weighted by Crippen LogP contribution is 2.29. The van der Waals surface area contributed by atoms with Crippen LogP contribution in [0.3, 0.4) is 0 Å². The normalized spacial score (nSPS) is 20.2. The topological polar surface area (TPSA) is 48.1 Å². The standard InChI is InChI=1S/C21H25ClN4O2S/c1-24-8-5-16(6-9-24)26(21(27)19-4-3-11-29-19)20-7-10-25(23-20)17-12-15(22)13-18(14-17)28-2/h3-4,7,10-14,16,20,23H,5-6,8-9H2,1-2H3. The fourth-order valence-corrected chi connectivity index (χ4v) is 4.72. The summed E-state index contributed by atoms with van der Waals surface area (Å²) < 4.78 is 5.33. The summed E-state index contributed by atoms with van der Waals surface area (Å²) in [6.07, 6.45) is 5.68. The van der Waals surface area contributed by atoms with Crippen molar-refractivity contribution in [3.05, 3.63) is 57.9 Å². The molecule has 1 fully saturated rings. The average Bonchev–Trinajstić information content (AvgIpc) is 3.41. The molecule has 8 heteroatoms. The number of halogens is 1. The SMILES string of the molecule is COc1cc(Cl)cc(N2C=CC(N(C(=O)c3cccs3)C3CCN(C)CC3)N2)c1. The van der Waals surface area contributed by atoms with E-state index in [-0.39, 0.29) is 18.1 Å². The summed E-state index contributed by atoms with van der Waals surface area (Å²) in [6.45, 7) is 1.98. The van der Waals surface area contributed by atoms with Crippen LogP contribution in [-0.4, -0.2) is 55.2 Å². The van der Waals surface area contributed by atoms with E-state index in [2.05, 4.69) is 17.4 Å². The van der Waals surface area contributed by atoms with E-state index in [0.29, 0.717) is 10.8 Å². The van der Waals surface area contributed by atoms with E-state index in [1.807, 2.05) is 51.8 Å². The predicted octanol–water partition coefficient (Wildman–Crippen LogP) is 3.81. The molecular formula is C21H25ClN4O2S. The minimum atomic E-state index is -0.219. The molecule has 1 saturated heterocycles. The van der Waals surface area contributed by atoms with Gasteiger partial charge in [0.15, 0.2) is 0 Å². The zero-order chi connectivity index (χ0) is 20.4. The molecule has 1 amide bonds. The van der Waals surface area contributed by atoms with Gasteiger partial charge in [-0.05, 0) is 62.6 Å². The van der Waals surface area contributed by atoms with Crippen LogP contribution in [0.1, 0.15) is 22.5 Å². The number of rotatable bonds is 5. The quantitative estimate of drug-likeness (QED) is 0.778. The number of hydrazine groups is 1. The van der Waals surface area contributed by atoms with E-state index in [9.17, 15) is 4.79 Å². The van der Waals surface area contributed by atoms with E-state index in [4.69, 9.17) is 16.3 Å². The second-order valence-electron chi connectivity index (χ2n) is 7.36. The highest BCUT2D eigenvalue weighted by molar-refractivity contribution is 7.12. The maximum atomic E-state index is 13.4. The summed E-state index contributed by atoms with van der Waals surface area (Å²) in [5.74, 6) is 0.759. The molecule has 1 unspecified atom stereocenters. The van der Waals surface area contributed by atoms with Gasteiger partial charge in [-0.3, -0.25) is 9.80 Å². The molecule has 4 rings (SSSR count). The lowest BCUT2D eigenvalue weighted by atomic mass is 10.0. The van der Waals surface area contributed by atoms with Crippen molar-refractivity contribution in [1.82, 2.24) is 15.2 Å². The second-order valence-corrected chi connectivity index (χ2v) is 8.74. The van der Waals surface area contributed by atoms with Gasteiger partial charge in [0.2, 0.25) is 0 Å². The Morgan fingerprint density at radius 1 is 1.31 bits per heavy atom. The van der Waals surface area contributed by atoms with Gasteiger partial charge < -0.3 is 14.5 Å². The first-order valence-electron chi connectivity index (χ1n) is 9.68. The number of nitrogens with zero attached hydrogens (tertiary/aromatic N) is 3. The molecular weight excluding hydrogens is 408 g/mol. The number of piperidine rings is 1. The Balaban J connectivity index is 1.56. The third-order valence-electron chi connectivity index (χ3n) is 5.41. The van der Waals surface area contributed by atoms with E-state index in [0.717, 1.165) is 36.5 Å². The molecule has 6 nitrogen and oxygen atoms in total. The molecule has 0 saturated carbocycles. The first-order valence-corrected chi connectivity index (χ1v) is 10.9. The van der Waals surface area contributed by atoms with Crippen LogP contribution in [0.25, 0.3) is 0 Å². The van der Waals surface area contributed by atoms with Crippen LogP contribution in [0.4, 0.5) is 5.69 Å². The van der Waals surface area contributed by atoms with Crippen molar-refractivity contribution in [1.29, 1.82) is 0 Å². The fourth-order valence-electron chi connectivity index (χ4n) is 3.84. The van der Waals surface area contributed by atoms with Gasteiger partial charge in [-0.25, -0.2) is 5.43 Å². The minimum Gasteiger partial charge on any atom is -0.497 e. The smallest absolute Gasteiger partial charge is 0.265 e. The number of amides is 1. The van der Waals surface area contributed by atoms with Crippen LogP contribution in [0, 0.1) is 0 Å². The summed E-state index contributed by atoms with van der Waals surface area (Å²) in [5, 5.41) is 4.44. The van der Waals surface area contributed by atoms with Crippen molar-refractivity contribution in [2.24, 2.45) is 0 Å². The maximum Gasteiger partial charge on any atom is 0.265 e. The molecule has 0 radical (unpaired) electrons. The first-order chi connectivity index (χ1) is 14.0. The Morgan fingerprint density at radius 2 is 2.10 bits per heavy atom. The Labute approximate surface area is 180 Å². The number of hydrogen-bond donors (Lipinski definition) is 1. The summed E-state index contributed by atoms with van der Waals surface area (Å²) >= 11 is 7.72. The molecule has 0 bridgehead atoms. The van der Waals surface area contributed by atoms with Crippen LogP contribution in [0.2, 0.25) is 5.02 Å². The van der Waals surface area contributed by atoms with Gasteiger partial charge in [-0.15, -0.1) is 11.3 Å². The van der Waals surface area contributed by atoms with Crippen LogP contribution >= 0.6 is 22.9 Å². The molecule has 29 heavy (non-hydrogen) atoms. The summed E-state index contributed by atoms with van der Waals surface area (Å²) in [6, 6.07) is 9.56. The molecule has 3 heterocycles. The van der Waals surface area contributed by atoms with Gasteiger partial charge in [0.25, 0.3) is 5.91 Å². The molecule has 0 spiro atoms. The molecule has 1 aromatic heterocycles. The van der Waals surface area contributed by atoms with Gasteiger partial charge in [-0.2, -0.15) is 0 Å². The number of benzene rings is 1. The van der Waals surface area contributed by atoms with E-state index < -0.39 is 0 Å². The molecule has 2 aliphatic rings. The number of anilines is 1. The highest BCUT2D eigenvalue weighted by Gasteiger charge is 2.35. The Hall–Kier alpha value is -2.06. The Kier molecular flexibility index (Phi) is 6.10. The molecule has 2 aliphatic heterocycles. The van der Waals surface area contributed by atoms with E-state index in [1.165, 1.54) is 11.3 Å². The fraction of sp³-hybridized carbons (Fsp3) is 0.381. The molecule has 2 aromatic rings. The lowest BCUT2D eigenvalue weighted by molar-refractivity contribution is 0.0492. The van der Waals surface area contributed by atoms with Gasteiger partial charge in [0, 0.05) is 23.3 Å². The lowest BCUT2D eigenvalue weighted by Crippen LogP contribution is -2.56. The zero-order valence-corrected chi connectivity index (χ0v) is 18.1. The summed E-state index contributed by atoms with van der Waals surface area (Å²) in [4.78, 5) is 18.4. The van der Waals surface area contributed by atoms with E-state index in [1.54, 1.807) is 13.2 Å². The monoisotopic (exact) mass is 432 g/mol. The number of ether oxygens (including phenoxy) is 1. The molecule has 154 valence electrons. The van der Waals surface area contributed by atoms with Crippen LogP contribution in [0.5, 0.6) is 5.75 Å². The van der Waals surface area contributed by atoms with Crippen LogP contribution in [0.15, 0.2) is 48.0 Å². The maximum absolute atomic E-state index is 13.4. The summed E-state index contributed by atoms with van der Waals surface area (Å²) in [5.41, 5.74) is 4.30. The van der Waals surface area contributed by atoms with Crippen molar-refractivity contribution in [2.75, 3.05) is 32.3 Å². The number of nitrogens with one attached hydrogen (secondary N) is 1. The highest BCUT2D eigenvalue weighted by atomic mass is 35.5. The van der Waals surface area contributed by atoms with Crippen LogP contribution in [-0.2, 0) is 0 Å². The number of carbonyl (C=O) groups is 1. The van der Waals surface area contributed by atoms with Gasteiger partial charge in [0.1, 0.15) is 11.9 Å². The van der Waals surface area contributed by atoms with Crippen LogP contribution < -0.4 is 15.2 Å². The lowest BCUT2D eigenvalue weighted by Gasteiger charge is -2.40. The minimum absolute atomic E-state index is 0.0715. The predicted molar refractivity (Wildman–Crippen MR) is 118 cm³/mol. The number of thiophene rings is 1. The Morgan fingerprint density at radius 3 is 2.79 bits per heavy atom. The van der Waals surface area contributed by atoms with Gasteiger partial charge in [0.05, 0.1) is 17.7 Å². The van der Waals surface area contributed by atoms with Crippen molar-refractivity contribution < 1.29 is 9.53 Å². The molecule has 1 atom stereocenters. The van der Waals surface area contributed by atoms with Crippen molar-refractivity contribution in [2.45, 2.75) is 25.0 Å². The van der Waals surface area contributed by atoms with Gasteiger partial charge in [-0.1, -0.05) is 17.7 Å². The number of methoxy groups -OCH3 is 1. The molecule has 1 N–H and O–H groups in total. The van der Waals surface area contributed by atoms with E-state index >= 15 is 0 Å². The summed E-state index contributed by atoms with van der Waals surface area (Å²) in [7, 11) is 3.75. The number of hydrogen-bond acceptors (Lipinski definition) is 6. The number of likely N-dealkylation sites (tertiary alicyclic amines) is 1. The average molecular weight is 433 g/mol. The molecule has 0 aliphatic carbocycles. The van der Waals surface area contributed by atoms with Crippen molar-refractivity contribution in [3.63, 3.8) is 0 Å².